The molecular formula is C18H22N2O3S. The summed E-state index contributed by atoms with van der Waals surface area (Å²) < 4.78 is 5.48. The molecule has 0 unspecified atom stereocenters. The normalized spacial score (nSPS) is 10.7. The lowest BCUT2D eigenvalue weighted by atomic mass is 10.1. The molecule has 5 nitrogen and oxygen atoms in total. The Morgan fingerprint density at radius 2 is 1.96 bits per heavy atom. The summed E-state index contributed by atoms with van der Waals surface area (Å²) in [6.45, 7) is 7.66. The van der Waals surface area contributed by atoms with Gasteiger partial charge in [0.25, 0.3) is 5.56 Å². The van der Waals surface area contributed by atoms with Crippen LogP contribution in [0.15, 0.2) is 22.1 Å². The first kappa shape index (κ1) is 18.3. The summed E-state index contributed by atoms with van der Waals surface area (Å²) in [7, 11) is 0. The van der Waals surface area contributed by atoms with Crippen LogP contribution in [0.3, 0.4) is 0 Å². The highest BCUT2D eigenvalue weighted by Crippen LogP contribution is 2.23. The smallest absolute Gasteiger partial charge is 0.311 e. The molecule has 1 aromatic carbocycles. The molecule has 0 aliphatic rings. The summed E-state index contributed by atoms with van der Waals surface area (Å²) in [5.74, 6) is 0.231. The Kier molecular flexibility index (Phi) is 5.83. The zero-order chi connectivity index (χ0) is 17.9. The van der Waals surface area contributed by atoms with Gasteiger partial charge in [-0.2, -0.15) is 0 Å². The molecule has 24 heavy (non-hydrogen) atoms. The Hall–Kier alpha value is -2.08. The Morgan fingerprint density at radius 3 is 2.58 bits per heavy atom. The van der Waals surface area contributed by atoms with E-state index in [1.165, 1.54) is 11.8 Å². The van der Waals surface area contributed by atoms with Gasteiger partial charge in [-0.15, -0.1) is 0 Å². The highest BCUT2D eigenvalue weighted by atomic mass is 32.2. The molecule has 2 rings (SSSR count). The van der Waals surface area contributed by atoms with Gasteiger partial charge >= 0.3 is 5.97 Å². The molecule has 0 bridgehead atoms. The van der Waals surface area contributed by atoms with E-state index in [-0.39, 0.29) is 17.9 Å². The third-order valence-corrected chi connectivity index (χ3v) is 4.54. The molecule has 0 spiro atoms. The van der Waals surface area contributed by atoms with Crippen molar-refractivity contribution in [2.45, 2.75) is 45.7 Å². The van der Waals surface area contributed by atoms with Crippen LogP contribution in [0.2, 0.25) is 0 Å². The fourth-order valence-corrected chi connectivity index (χ4v) is 2.91. The molecule has 0 fully saturated rings. The summed E-state index contributed by atoms with van der Waals surface area (Å²) in [6.07, 6.45) is 2.29. The number of carbonyl (C=O) groups is 1. The first-order valence-corrected chi connectivity index (χ1v) is 8.96. The van der Waals surface area contributed by atoms with Crippen molar-refractivity contribution in [2.24, 2.45) is 0 Å². The molecule has 128 valence electrons. The number of aryl methyl sites for hydroxylation is 3. The number of aromatic nitrogens is 2. The lowest BCUT2D eigenvalue weighted by molar-refractivity contribution is -0.134. The van der Waals surface area contributed by atoms with E-state index >= 15 is 0 Å². The number of aromatic amines is 1. The zero-order valence-electron chi connectivity index (χ0n) is 14.6. The minimum absolute atomic E-state index is 0.136. The van der Waals surface area contributed by atoms with Gasteiger partial charge in [-0.1, -0.05) is 17.8 Å². The molecule has 2 aromatic rings. The minimum Gasteiger partial charge on any atom is -0.426 e. The van der Waals surface area contributed by atoms with Crippen LogP contribution in [0.1, 0.15) is 34.4 Å². The van der Waals surface area contributed by atoms with Crippen LogP contribution in [-0.4, -0.2) is 22.2 Å². The van der Waals surface area contributed by atoms with Crippen LogP contribution in [0, 0.1) is 27.7 Å². The lowest BCUT2D eigenvalue weighted by Crippen LogP contribution is -2.19. The highest BCUT2D eigenvalue weighted by molar-refractivity contribution is 7.98. The van der Waals surface area contributed by atoms with E-state index in [2.05, 4.69) is 16.0 Å². The molecular weight excluding hydrogens is 324 g/mol. The van der Waals surface area contributed by atoms with Gasteiger partial charge in [0.2, 0.25) is 0 Å². The molecule has 0 amide bonds. The molecule has 0 saturated carbocycles. The molecule has 0 saturated heterocycles. The number of nitrogens with one attached hydrogen (secondary N) is 1. The van der Waals surface area contributed by atoms with Crippen molar-refractivity contribution in [1.29, 1.82) is 0 Å². The van der Waals surface area contributed by atoms with E-state index in [4.69, 9.17) is 4.74 Å². The van der Waals surface area contributed by atoms with E-state index in [1.54, 1.807) is 6.92 Å². The number of hydrogen-bond donors (Lipinski definition) is 1. The van der Waals surface area contributed by atoms with Gasteiger partial charge in [-0.25, -0.2) is 4.98 Å². The monoisotopic (exact) mass is 346 g/mol. The minimum atomic E-state index is -0.351. The van der Waals surface area contributed by atoms with Crippen LogP contribution in [0.25, 0.3) is 0 Å². The average Bonchev–Trinajstić information content (AvgIpc) is 2.51. The van der Waals surface area contributed by atoms with Crippen molar-refractivity contribution in [3.8, 4) is 5.75 Å². The second-order valence-corrected chi connectivity index (χ2v) is 6.61. The summed E-state index contributed by atoms with van der Waals surface area (Å²) in [5.41, 5.74) is 4.07. The largest absolute Gasteiger partial charge is 0.426 e. The molecule has 0 atom stereocenters. The molecule has 1 heterocycles. The Bertz CT molecular complexity index is 828. The first-order valence-electron chi connectivity index (χ1n) is 7.74. The number of nitrogens with zero attached hydrogens (tertiary/aromatic N) is 1. The van der Waals surface area contributed by atoms with E-state index in [0.717, 1.165) is 16.7 Å². The lowest BCUT2D eigenvalue weighted by Gasteiger charge is -2.11. The molecule has 0 aliphatic heterocycles. The Morgan fingerprint density at radius 1 is 1.25 bits per heavy atom. The van der Waals surface area contributed by atoms with Crippen molar-refractivity contribution < 1.29 is 9.53 Å². The maximum Gasteiger partial charge on any atom is 0.311 e. The molecule has 6 heteroatoms. The van der Waals surface area contributed by atoms with E-state index in [9.17, 15) is 9.59 Å². The maximum absolute atomic E-state index is 12.1. The van der Waals surface area contributed by atoms with Crippen molar-refractivity contribution in [3.05, 3.63) is 50.4 Å². The number of esters is 1. The molecule has 1 N–H and O–H groups in total. The Labute approximate surface area is 145 Å². The van der Waals surface area contributed by atoms with Crippen LogP contribution < -0.4 is 10.3 Å². The number of ether oxygens (including phenoxy) is 1. The van der Waals surface area contributed by atoms with Crippen molar-refractivity contribution in [3.63, 3.8) is 0 Å². The second-order valence-electron chi connectivity index (χ2n) is 5.82. The predicted octanol–water partition coefficient (Wildman–Crippen LogP) is 3.26. The highest BCUT2D eigenvalue weighted by Gasteiger charge is 2.13. The third kappa shape index (κ3) is 4.26. The summed E-state index contributed by atoms with van der Waals surface area (Å²) in [5, 5.41) is 0.578. The average molecular weight is 346 g/mol. The van der Waals surface area contributed by atoms with Crippen molar-refractivity contribution in [2.75, 3.05) is 6.26 Å². The number of thioether (sulfide) groups is 1. The molecule has 0 radical (unpaired) electrons. The van der Waals surface area contributed by atoms with Gasteiger partial charge in [0.15, 0.2) is 5.16 Å². The van der Waals surface area contributed by atoms with Crippen LogP contribution in [0.5, 0.6) is 5.75 Å². The summed E-state index contributed by atoms with van der Waals surface area (Å²) in [4.78, 5) is 31.2. The topological polar surface area (TPSA) is 72.0 Å². The van der Waals surface area contributed by atoms with Crippen LogP contribution in [-0.2, 0) is 11.2 Å². The Balaban J connectivity index is 2.08. The van der Waals surface area contributed by atoms with Gasteiger partial charge < -0.3 is 9.72 Å². The number of H-pyrrole nitrogens is 1. The first-order chi connectivity index (χ1) is 11.3. The fraction of sp³-hybridized carbons (Fsp3) is 0.389. The fourth-order valence-electron chi connectivity index (χ4n) is 2.48. The van der Waals surface area contributed by atoms with Gasteiger partial charge in [0.05, 0.1) is 6.42 Å². The van der Waals surface area contributed by atoms with Gasteiger partial charge in [-0.3, -0.25) is 9.59 Å². The standard InChI is InChI=1S/C18H22N2O3S/c1-10-8-11(2)12(3)15(9-10)23-16(21)7-6-14-13(4)19-18(24-5)20-17(14)22/h8-9H,6-7H2,1-5H3,(H,19,20,22). The number of rotatable bonds is 5. The van der Waals surface area contributed by atoms with Crippen molar-refractivity contribution in [1.82, 2.24) is 9.97 Å². The SMILES string of the molecule is CSc1nc(C)c(CCC(=O)Oc2cc(C)cc(C)c2C)c(=O)[nH]1. The zero-order valence-corrected chi connectivity index (χ0v) is 15.5. The summed E-state index contributed by atoms with van der Waals surface area (Å²) in [6, 6.07) is 3.90. The third-order valence-electron chi connectivity index (χ3n) is 3.96. The number of benzene rings is 1. The molecule has 0 aliphatic carbocycles. The quantitative estimate of drug-likeness (QED) is 0.389. The van der Waals surface area contributed by atoms with Gasteiger partial charge in [0.1, 0.15) is 5.75 Å². The van der Waals surface area contributed by atoms with E-state index in [1.807, 2.05) is 33.1 Å². The maximum atomic E-state index is 12.1. The number of carbonyl (C=O) groups excluding carboxylic acids is 1. The predicted molar refractivity (Wildman–Crippen MR) is 96.0 cm³/mol. The van der Waals surface area contributed by atoms with E-state index in [0.29, 0.717) is 28.6 Å². The van der Waals surface area contributed by atoms with E-state index < -0.39 is 0 Å². The van der Waals surface area contributed by atoms with Crippen LogP contribution in [0.4, 0.5) is 0 Å². The number of hydrogen-bond acceptors (Lipinski definition) is 5. The van der Waals surface area contributed by atoms with Crippen molar-refractivity contribution >= 4 is 17.7 Å². The van der Waals surface area contributed by atoms with Crippen LogP contribution >= 0.6 is 11.8 Å². The second kappa shape index (κ2) is 7.66. The van der Waals surface area contributed by atoms with Gasteiger partial charge in [-0.05, 0) is 63.1 Å². The summed E-state index contributed by atoms with van der Waals surface area (Å²) >= 11 is 1.38. The molecule has 1 aromatic heterocycles. The van der Waals surface area contributed by atoms with Gasteiger partial charge in [0, 0.05) is 11.3 Å².